The fourth-order valence-electron chi connectivity index (χ4n) is 2.21. The molecule has 0 radical (unpaired) electrons. The topological polar surface area (TPSA) is 51.7 Å². The van der Waals surface area contributed by atoms with Crippen molar-refractivity contribution in [2.24, 2.45) is 0 Å². The Balaban J connectivity index is 1.62. The molecule has 1 aliphatic heterocycles. The molecule has 1 unspecified atom stereocenters. The Hall–Kier alpha value is -2.56. The van der Waals surface area contributed by atoms with Crippen LogP contribution in [0.5, 0.6) is 5.75 Å². The number of rotatable bonds is 4. The second-order valence-corrected chi connectivity index (χ2v) is 4.88. The number of anilines is 1. The number of aromatic nitrogens is 1. The van der Waals surface area contributed by atoms with E-state index in [-0.39, 0.29) is 12.2 Å². The molecule has 108 valence electrons. The smallest absolute Gasteiger partial charge is 0.416 e. The number of carbonyl (C=O) groups excluding carboxylic acids is 1. The molecule has 5 nitrogen and oxygen atoms in total. The van der Waals surface area contributed by atoms with E-state index in [0.29, 0.717) is 19.0 Å². The van der Waals surface area contributed by atoms with Crippen LogP contribution in [0.4, 0.5) is 10.6 Å². The van der Waals surface area contributed by atoms with Crippen molar-refractivity contribution in [2.75, 3.05) is 18.1 Å². The summed E-state index contributed by atoms with van der Waals surface area (Å²) < 4.78 is 11.0. The molecule has 1 fully saturated rings. The molecule has 1 amide bonds. The van der Waals surface area contributed by atoms with E-state index in [1.165, 1.54) is 4.90 Å². The summed E-state index contributed by atoms with van der Waals surface area (Å²) in [5.41, 5.74) is 1.06. The van der Waals surface area contributed by atoms with E-state index in [0.717, 1.165) is 11.3 Å². The number of pyridine rings is 1. The van der Waals surface area contributed by atoms with E-state index in [1.54, 1.807) is 12.3 Å². The van der Waals surface area contributed by atoms with Crippen molar-refractivity contribution in [1.29, 1.82) is 0 Å². The van der Waals surface area contributed by atoms with Gasteiger partial charge in [-0.2, -0.15) is 0 Å². The van der Waals surface area contributed by atoms with Gasteiger partial charge in [0.1, 0.15) is 18.2 Å². The molecule has 0 saturated carbocycles. The molecule has 2 aromatic rings. The van der Waals surface area contributed by atoms with E-state index in [9.17, 15) is 4.79 Å². The highest BCUT2D eigenvalue weighted by molar-refractivity contribution is 5.88. The van der Waals surface area contributed by atoms with Crippen LogP contribution < -0.4 is 9.64 Å². The summed E-state index contributed by atoms with van der Waals surface area (Å²) in [5, 5.41) is 0. The number of hydrogen-bond donors (Lipinski definition) is 0. The van der Waals surface area contributed by atoms with Gasteiger partial charge in [-0.3, -0.25) is 4.90 Å². The number of cyclic esters (lactones) is 1. The van der Waals surface area contributed by atoms with E-state index < -0.39 is 0 Å². The zero-order valence-corrected chi connectivity index (χ0v) is 11.7. The maximum atomic E-state index is 11.9. The first-order valence-corrected chi connectivity index (χ1v) is 6.81. The minimum Gasteiger partial charge on any atom is -0.489 e. The number of carbonyl (C=O) groups is 1. The number of ether oxygens (including phenoxy) is 2. The van der Waals surface area contributed by atoms with Crippen molar-refractivity contribution in [3.05, 3.63) is 54.2 Å². The highest BCUT2D eigenvalue weighted by Crippen LogP contribution is 2.21. The largest absolute Gasteiger partial charge is 0.489 e. The quantitative estimate of drug-likeness (QED) is 0.866. The standard InChI is InChI=1S/C16H16N2O3/c1-12-6-2-3-7-14(12)20-11-13-10-18(16(19)21-13)15-8-4-5-9-17-15/h2-9,13H,10-11H2,1H3. The summed E-state index contributed by atoms with van der Waals surface area (Å²) in [5.74, 6) is 1.41. The molecule has 0 spiro atoms. The van der Waals surface area contributed by atoms with Crippen LogP contribution >= 0.6 is 0 Å². The zero-order valence-electron chi connectivity index (χ0n) is 11.7. The molecule has 3 rings (SSSR count). The molecule has 1 aromatic heterocycles. The molecule has 1 aliphatic rings. The fraction of sp³-hybridized carbons (Fsp3) is 0.250. The van der Waals surface area contributed by atoms with Gasteiger partial charge in [-0.25, -0.2) is 9.78 Å². The van der Waals surface area contributed by atoms with E-state index >= 15 is 0 Å². The summed E-state index contributed by atoms with van der Waals surface area (Å²) in [7, 11) is 0. The molecule has 0 N–H and O–H groups in total. The van der Waals surface area contributed by atoms with E-state index in [4.69, 9.17) is 9.47 Å². The molecule has 0 bridgehead atoms. The number of nitrogens with zero attached hydrogens (tertiary/aromatic N) is 2. The average molecular weight is 284 g/mol. The Morgan fingerprint density at radius 2 is 2.10 bits per heavy atom. The van der Waals surface area contributed by atoms with Crippen molar-refractivity contribution < 1.29 is 14.3 Å². The Kier molecular flexibility index (Phi) is 3.73. The number of benzene rings is 1. The Morgan fingerprint density at radius 3 is 2.86 bits per heavy atom. The first-order valence-electron chi connectivity index (χ1n) is 6.81. The number of amides is 1. The van der Waals surface area contributed by atoms with Crippen molar-refractivity contribution in [1.82, 2.24) is 4.98 Å². The van der Waals surface area contributed by atoms with Gasteiger partial charge in [0, 0.05) is 6.20 Å². The van der Waals surface area contributed by atoms with Gasteiger partial charge in [0.05, 0.1) is 6.54 Å². The number of aryl methyl sites for hydroxylation is 1. The van der Waals surface area contributed by atoms with Gasteiger partial charge in [0.15, 0.2) is 6.10 Å². The van der Waals surface area contributed by atoms with Crippen LogP contribution in [0.3, 0.4) is 0 Å². The summed E-state index contributed by atoms with van der Waals surface area (Å²) in [6.07, 6.45) is 0.978. The predicted molar refractivity (Wildman–Crippen MR) is 78.5 cm³/mol. The Labute approximate surface area is 123 Å². The SMILES string of the molecule is Cc1ccccc1OCC1CN(c2ccccn2)C(=O)O1. The first-order chi connectivity index (χ1) is 10.2. The van der Waals surface area contributed by atoms with Gasteiger partial charge in [-0.15, -0.1) is 0 Å². The maximum Gasteiger partial charge on any atom is 0.416 e. The summed E-state index contributed by atoms with van der Waals surface area (Å²) in [6, 6.07) is 13.2. The molecule has 2 heterocycles. The minimum absolute atomic E-state index is 0.292. The molecular weight excluding hydrogens is 268 g/mol. The van der Waals surface area contributed by atoms with Gasteiger partial charge in [0.2, 0.25) is 0 Å². The lowest BCUT2D eigenvalue weighted by molar-refractivity contribution is 0.105. The van der Waals surface area contributed by atoms with Crippen molar-refractivity contribution in [3.63, 3.8) is 0 Å². The molecule has 1 aromatic carbocycles. The van der Waals surface area contributed by atoms with E-state index in [2.05, 4.69) is 4.98 Å². The monoisotopic (exact) mass is 284 g/mol. The lowest BCUT2D eigenvalue weighted by Gasteiger charge is -2.13. The average Bonchev–Trinajstić information content (AvgIpc) is 2.88. The van der Waals surface area contributed by atoms with Crippen LogP contribution in [0.25, 0.3) is 0 Å². The highest BCUT2D eigenvalue weighted by Gasteiger charge is 2.33. The molecule has 0 aliphatic carbocycles. The Morgan fingerprint density at radius 1 is 1.29 bits per heavy atom. The highest BCUT2D eigenvalue weighted by atomic mass is 16.6. The summed E-state index contributed by atoms with van der Waals surface area (Å²) in [4.78, 5) is 17.6. The van der Waals surface area contributed by atoms with Crippen LogP contribution in [0.2, 0.25) is 0 Å². The molecule has 5 heteroatoms. The molecular formula is C16H16N2O3. The van der Waals surface area contributed by atoms with Gasteiger partial charge >= 0.3 is 6.09 Å². The van der Waals surface area contributed by atoms with Gasteiger partial charge < -0.3 is 9.47 Å². The third kappa shape index (κ3) is 2.97. The molecule has 1 atom stereocenters. The van der Waals surface area contributed by atoms with Crippen molar-refractivity contribution in [3.8, 4) is 5.75 Å². The van der Waals surface area contributed by atoms with Crippen molar-refractivity contribution in [2.45, 2.75) is 13.0 Å². The second kappa shape index (κ2) is 5.83. The van der Waals surface area contributed by atoms with Crippen LogP contribution in [0, 0.1) is 6.92 Å². The van der Waals surface area contributed by atoms with Crippen LogP contribution in [-0.4, -0.2) is 30.3 Å². The lowest BCUT2D eigenvalue weighted by atomic mass is 10.2. The van der Waals surface area contributed by atoms with Gasteiger partial charge in [0.25, 0.3) is 0 Å². The summed E-state index contributed by atoms with van der Waals surface area (Å²) in [6.45, 7) is 2.76. The fourth-order valence-corrected chi connectivity index (χ4v) is 2.21. The summed E-state index contributed by atoms with van der Waals surface area (Å²) >= 11 is 0. The predicted octanol–water partition coefficient (Wildman–Crippen LogP) is 2.79. The number of para-hydroxylation sites is 1. The number of hydrogen-bond acceptors (Lipinski definition) is 4. The van der Waals surface area contributed by atoms with Gasteiger partial charge in [-0.05, 0) is 30.7 Å². The third-order valence-corrected chi connectivity index (χ3v) is 3.32. The van der Waals surface area contributed by atoms with Gasteiger partial charge in [-0.1, -0.05) is 24.3 Å². The molecule has 1 saturated heterocycles. The third-order valence-electron chi connectivity index (χ3n) is 3.32. The van der Waals surface area contributed by atoms with E-state index in [1.807, 2.05) is 43.3 Å². The normalized spacial score (nSPS) is 17.7. The van der Waals surface area contributed by atoms with Crippen LogP contribution in [-0.2, 0) is 4.74 Å². The zero-order chi connectivity index (χ0) is 14.7. The Bertz CT molecular complexity index is 630. The first kappa shape index (κ1) is 13.4. The second-order valence-electron chi connectivity index (χ2n) is 4.88. The van der Waals surface area contributed by atoms with Crippen LogP contribution in [0.15, 0.2) is 48.7 Å². The minimum atomic E-state index is -0.382. The van der Waals surface area contributed by atoms with Crippen LogP contribution in [0.1, 0.15) is 5.56 Å². The molecule has 21 heavy (non-hydrogen) atoms. The maximum absolute atomic E-state index is 11.9. The lowest BCUT2D eigenvalue weighted by Crippen LogP contribution is -2.27. The van der Waals surface area contributed by atoms with Crippen molar-refractivity contribution >= 4 is 11.9 Å².